The van der Waals surface area contributed by atoms with Gasteiger partial charge in [-0.2, -0.15) is 0 Å². The number of ether oxygens (including phenoxy) is 2. The number of nitrogens with zero attached hydrogens (tertiary/aromatic N) is 1. The SMILES string of the molecule is CNN(C)C(=O)Oc1ccc(OC)cc1. The van der Waals surface area contributed by atoms with Gasteiger partial charge < -0.3 is 9.47 Å². The summed E-state index contributed by atoms with van der Waals surface area (Å²) in [6, 6.07) is 6.78. The minimum atomic E-state index is -0.470. The molecule has 0 fully saturated rings. The van der Waals surface area contributed by atoms with Crippen LogP contribution >= 0.6 is 0 Å². The van der Waals surface area contributed by atoms with Crippen LogP contribution in [-0.4, -0.2) is 32.3 Å². The smallest absolute Gasteiger partial charge is 0.429 e. The van der Waals surface area contributed by atoms with Gasteiger partial charge in [-0.3, -0.25) is 0 Å². The monoisotopic (exact) mass is 210 g/mol. The number of carbonyl (C=O) groups excluding carboxylic acids is 1. The Kier molecular flexibility index (Phi) is 3.93. The molecule has 0 heterocycles. The highest BCUT2D eigenvalue weighted by atomic mass is 16.6. The second-order valence-electron chi connectivity index (χ2n) is 2.83. The molecule has 0 aliphatic rings. The number of carbonyl (C=O) groups is 1. The Hall–Kier alpha value is -1.75. The fraction of sp³-hybridized carbons (Fsp3) is 0.300. The van der Waals surface area contributed by atoms with Crippen molar-refractivity contribution in [2.75, 3.05) is 21.2 Å². The minimum Gasteiger partial charge on any atom is -0.497 e. The number of benzene rings is 1. The van der Waals surface area contributed by atoms with Crippen LogP contribution in [0.1, 0.15) is 0 Å². The van der Waals surface area contributed by atoms with E-state index in [9.17, 15) is 4.79 Å². The van der Waals surface area contributed by atoms with Gasteiger partial charge in [0.05, 0.1) is 7.11 Å². The highest BCUT2D eigenvalue weighted by Crippen LogP contribution is 2.17. The molecule has 1 aromatic rings. The summed E-state index contributed by atoms with van der Waals surface area (Å²) < 4.78 is 10.0. The van der Waals surface area contributed by atoms with E-state index in [2.05, 4.69) is 5.43 Å². The molecule has 0 aliphatic heterocycles. The molecule has 82 valence electrons. The molecule has 1 N–H and O–H groups in total. The minimum absolute atomic E-state index is 0.470. The van der Waals surface area contributed by atoms with Gasteiger partial charge in [-0.05, 0) is 24.3 Å². The maximum Gasteiger partial charge on any atom is 0.429 e. The third kappa shape index (κ3) is 3.14. The van der Waals surface area contributed by atoms with Crippen LogP contribution in [0.2, 0.25) is 0 Å². The molecule has 0 spiro atoms. The fourth-order valence-electron chi connectivity index (χ4n) is 0.904. The summed E-state index contributed by atoms with van der Waals surface area (Å²) in [7, 11) is 4.79. The number of methoxy groups -OCH3 is 1. The average Bonchev–Trinajstić information content (AvgIpc) is 2.29. The molecule has 1 amide bonds. The number of nitrogens with one attached hydrogen (secondary N) is 1. The molecule has 1 aromatic carbocycles. The van der Waals surface area contributed by atoms with Crippen LogP contribution in [0.3, 0.4) is 0 Å². The van der Waals surface area contributed by atoms with Gasteiger partial charge in [0.25, 0.3) is 0 Å². The van der Waals surface area contributed by atoms with Crippen LogP contribution in [0.5, 0.6) is 11.5 Å². The number of hydrogen-bond donors (Lipinski definition) is 1. The summed E-state index contributed by atoms with van der Waals surface area (Å²) in [5.41, 5.74) is 2.64. The molecular weight excluding hydrogens is 196 g/mol. The van der Waals surface area contributed by atoms with E-state index < -0.39 is 6.09 Å². The lowest BCUT2D eigenvalue weighted by atomic mass is 10.3. The summed E-state index contributed by atoms with van der Waals surface area (Å²) in [6.45, 7) is 0. The second-order valence-corrected chi connectivity index (χ2v) is 2.83. The van der Waals surface area contributed by atoms with Crippen LogP contribution < -0.4 is 14.9 Å². The van der Waals surface area contributed by atoms with Crippen LogP contribution in [0, 0.1) is 0 Å². The highest BCUT2D eigenvalue weighted by Gasteiger charge is 2.08. The summed E-state index contributed by atoms with van der Waals surface area (Å²) in [5.74, 6) is 1.19. The summed E-state index contributed by atoms with van der Waals surface area (Å²) in [6.07, 6.45) is -0.470. The van der Waals surface area contributed by atoms with E-state index in [1.165, 1.54) is 5.01 Å². The fourth-order valence-corrected chi connectivity index (χ4v) is 0.904. The van der Waals surface area contributed by atoms with Gasteiger partial charge >= 0.3 is 6.09 Å². The first-order chi connectivity index (χ1) is 7.17. The van der Waals surface area contributed by atoms with Crippen molar-refractivity contribution in [3.05, 3.63) is 24.3 Å². The Labute approximate surface area is 88.6 Å². The molecule has 0 aromatic heterocycles. The molecule has 0 saturated heterocycles. The molecular formula is C10H14N2O3. The maximum absolute atomic E-state index is 11.3. The zero-order valence-electron chi connectivity index (χ0n) is 8.98. The number of rotatable bonds is 3. The second kappa shape index (κ2) is 5.21. The largest absolute Gasteiger partial charge is 0.497 e. The zero-order chi connectivity index (χ0) is 11.3. The van der Waals surface area contributed by atoms with Crippen molar-refractivity contribution >= 4 is 6.09 Å². The summed E-state index contributed by atoms with van der Waals surface area (Å²) in [4.78, 5) is 11.3. The molecule has 1 rings (SSSR count). The first-order valence-electron chi connectivity index (χ1n) is 4.44. The van der Waals surface area contributed by atoms with E-state index >= 15 is 0 Å². The first kappa shape index (κ1) is 11.3. The molecule has 0 aliphatic carbocycles. The third-order valence-electron chi connectivity index (χ3n) is 1.87. The molecule has 15 heavy (non-hydrogen) atoms. The third-order valence-corrected chi connectivity index (χ3v) is 1.87. The van der Waals surface area contributed by atoms with E-state index in [1.807, 2.05) is 0 Å². The van der Waals surface area contributed by atoms with Crippen molar-refractivity contribution in [3.8, 4) is 11.5 Å². The highest BCUT2D eigenvalue weighted by molar-refractivity contribution is 5.69. The summed E-state index contributed by atoms with van der Waals surface area (Å²) in [5, 5.41) is 1.24. The lowest BCUT2D eigenvalue weighted by molar-refractivity contribution is 0.147. The standard InChI is InChI=1S/C10H14N2O3/c1-11-12(2)10(13)15-9-6-4-8(14-3)5-7-9/h4-7,11H,1-3H3. The van der Waals surface area contributed by atoms with Crippen molar-refractivity contribution in [1.82, 2.24) is 10.4 Å². The maximum atomic E-state index is 11.3. The zero-order valence-corrected chi connectivity index (χ0v) is 8.98. The van der Waals surface area contributed by atoms with Crippen LogP contribution in [0.15, 0.2) is 24.3 Å². The number of hydrogen-bond acceptors (Lipinski definition) is 4. The van der Waals surface area contributed by atoms with Gasteiger partial charge in [0.1, 0.15) is 11.5 Å². The van der Waals surface area contributed by atoms with Crippen molar-refractivity contribution in [3.63, 3.8) is 0 Å². The molecule has 0 unspecified atom stereocenters. The number of hydrazine groups is 1. The Balaban J connectivity index is 2.61. The molecule has 0 atom stereocenters. The van der Waals surface area contributed by atoms with Crippen LogP contribution in [-0.2, 0) is 0 Å². The van der Waals surface area contributed by atoms with Crippen LogP contribution in [0.4, 0.5) is 4.79 Å². The van der Waals surface area contributed by atoms with Gasteiger partial charge in [-0.15, -0.1) is 0 Å². The Morgan fingerprint density at radius 2 is 1.80 bits per heavy atom. The molecule has 5 nitrogen and oxygen atoms in total. The Morgan fingerprint density at radius 1 is 1.27 bits per heavy atom. The van der Waals surface area contributed by atoms with Crippen molar-refractivity contribution < 1.29 is 14.3 Å². The quantitative estimate of drug-likeness (QED) is 0.763. The van der Waals surface area contributed by atoms with E-state index in [-0.39, 0.29) is 0 Å². The predicted molar refractivity (Wildman–Crippen MR) is 55.8 cm³/mol. The topological polar surface area (TPSA) is 50.8 Å². The lowest BCUT2D eigenvalue weighted by Crippen LogP contribution is -2.38. The molecule has 0 bridgehead atoms. The van der Waals surface area contributed by atoms with E-state index in [1.54, 1.807) is 45.5 Å². The van der Waals surface area contributed by atoms with Gasteiger partial charge in [0.15, 0.2) is 0 Å². The normalized spacial score (nSPS) is 9.53. The summed E-state index contributed by atoms with van der Waals surface area (Å²) >= 11 is 0. The predicted octanol–water partition coefficient (Wildman–Crippen LogP) is 1.26. The van der Waals surface area contributed by atoms with E-state index in [0.29, 0.717) is 5.75 Å². The van der Waals surface area contributed by atoms with Gasteiger partial charge in [0, 0.05) is 14.1 Å². The molecule has 5 heteroatoms. The van der Waals surface area contributed by atoms with Crippen molar-refractivity contribution in [2.45, 2.75) is 0 Å². The lowest BCUT2D eigenvalue weighted by Gasteiger charge is -2.14. The first-order valence-corrected chi connectivity index (χ1v) is 4.44. The van der Waals surface area contributed by atoms with Crippen molar-refractivity contribution in [2.24, 2.45) is 0 Å². The van der Waals surface area contributed by atoms with E-state index in [0.717, 1.165) is 5.75 Å². The van der Waals surface area contributed by atoms with E-state index in [4.69, 9.17) is 9.47 Å². The molecule has 0 radical (unpaired) electrons. The van der Waals surface area contributed by atoms with Crippen LogP contribution in [0.25, 0.3) is 0 Å². The molecule has 0 saturated carbocycles. The Morgan fingerprint density at radius 3 is 2.27 bits per heavy atom. The van der Waals surface area contributed by atoms with Gasteiger partial charge in [-0.1, -0.05) is 0 Å². The van der Waals surface area contributed by atoms with Gasteiger partial charge in [-0.25, -0.2) is 15.2 Å². The number of amides is 1. The Bertz CT molecular complexity index is 324. The average molecular weight is 210 g/mol. The van der Waals surface area contributed by atoms with Gasteiger partial charge in [0.2, 0.25) is 0 Å². The van der Waals surface area contributed by atoms with Crippen molar-refractivity contribution in [1.29, 1.82) is 0 Å².